The maximum atomic E-state index is 12.9. The second kappa shape index (κ2) is 8.16. The normalized spacial score (nSPS) is 14.5. The number of benzene rings is 3. The molecule has 4 rings (SSSR count). The molecule has 3 nitrogen and oxygen atoms in total. The molecule has 8 heteroatoms. The Kier molecular flexibility index (Phi) is 5.70. The van der Waals surface area contributed by atoms with Crippen molar-refractivity contribution >= 4 is 55.1 Å². The molecule has 1 N–H and O–H groups in total. The topological polar surface area (TPSA) is 38.3 Å². The second-order valence-corrected chi connectivity index (χ2v) is 8.64. The number of hydrogen-bond donors (Lipinski definition) is 1. The first kappa shape index (κ1) is 21.6. The summed E-state index contributed by atoms with van der Waals surface area (Å²) in [5, 5.41) is 2.87. The summed E-state index contributed by atoms with van der Waals surface area (Å²) in [4.78, 5) is 12.6. The van der Waals surface area contributed by atoms with Crippen molar-refractivity contribution < 1.29 is 22.7 Å². The van der Waals surface area contributed by atoms with E-state index in [1.54, 1.807) is 30.3 Å². The summed E-state index contributed by atoms with van der Waals surface area (Å²) < 4.78 is 46.1. The van der Waals surface area contributed by atoms with Gasteiger partial charge < -0.3 is 10.1 Å². The van der Waals surface area contributed by atoms with E-state index in [0.717, 1.165) is 32.2 Å². The number of ether oxygens (including phenoxy) is 1. The van der Waals surface area contributed by atoms with E-state index in [4.69, 9.17) is 4.74 Å². The molecular formula is C23H14Br2F3NO2. The fourth-order valence-electron chi connectivity index (χ4n) is 3.32. The highest BCUT2D eigenvalue weighted by Gasteiger charge is 2.31. The van der Waals surface area contributed by atoms with Gasteiger partial charge in [-0.2, -0.15) is 13.2 Å². The summed E-state index contributed by atoms with van der Waals surface area (Å²) in [6, 6.07) is 13.4. The molecule has 0 spiro atoms. The van der Waals surface area contributed by atoms with Gasteiger partial charge in [0, 0.05) is 20.1 Å². The number of halogens is 5. The van der Waals surface area contributed by atoms with Gasteiger partial charge >= 0.3 is 6.18 Å². The van der Waals surface area contributed by atoms with Crippen LogP contribution >= 0.6 is 31.9 Å². The number of carbonyl (C=O) groups excluding carboxylic acids is 1. The van der Waals surface area contributed by atoms with E-state index in [2.05, 4.69) is 37.2 Å². The number of rotatable bonds is 3. The molecule has 0 aliphatic carbocycles. The lowest BCUT2D eigenvalue weighted by atomic mass is 9.99. The molecule has 0 fully saturated rings. The monoisotopic (exact) mass is 551 g/mol. The third-order valence-electron chi connectivity index (χ3n) is 4.79. The summed E-state index contributed by atoms with van der Waals surface area (Å²) in [5.74, 6) is 0.202. The van der Waals surface area contributed by atoms with Gasteiger partial charge in [0.2, 0.25) is 0 Å². The molecular weight excluding hydrogens is 539 g/mol. The molecule has 0 radical (unpaired) electrons. The molecule has 1 amide bonds. The minimum Gasteiger partial charge on any atom is -0.457 e. The average molecular weight is 553 g/mol. The number of fused-ring (bicyclic) bond motifs is 1. The van der Waals surface area contributed by atoms with Gasteiger partial charge in [-0.3, -0.25) is 4.79 Å². The lowest BCUT2D eigenvalue weighted by Crippen LogP contribution is -2.04. The van der Waals surface area contributed by atoms with Gasteiger partial charge in [0.15, 0.2) is 0 Å². The van der Waals surface area contributed by atoms with Crippen molar-refractivity contribution in [3.8, 4) is 11.5 Å². The van der Waals surface area contributed by atoms with E-state index in [-0.39, 0.29) is 11.7 Å². The van der Waals surface area contributed by atoms with Crippen LogP contribution in [-0.2, 0) is 11.0 Å². The van der Waals surface area contributed by atoms with Crippen molar-refractivity contribution in [1.29, 1.82) is 0 Å². The number of nitrogens with one attached hydrogen (secondary N) is 1. The van der Waals surface area contributed by atoms with E-state index in [9.17, 15) is 18.0 Å². The Labute approximate surface area is 193 Å². The summed E-state index contributed by atoms with van der Waals surface area (Å²) in [6.07, 6.45) is -2.72. The third kappa shape index (κ3) is 4.41. The molecule has 3 aromatic rings. The molecule has 0 saturated heterocycles. The Morgan fingerprint density at radius 1 is 0.968 bits per heavy atom. The van der Waals surface area contributed by atoms with Gasteiger partial charge in [-0.15, -0.1) is 0 Å². The van der Waals surface area contributed by atoms with Gasteiger partial charge in [-0.05, 0) is 76.5 Å². The molecule has 3 aromatic carbocycles. The van der Waals surface area contributed by atoms with Gasteiger partial charge in [0.25, 0.3) is 5.91 Å². The predicted octanol–water partition coefficient (Wildman–Crippen LogP) is 7.82. The average Bonchev–Trinajstić information content (AvgIpc) is 3.03. The maximum Gasteiger partial charge on any atom is 0.416 e. The summed E-state index contributed by atoms with van der Waals surface area (Å²) in [5.41, 5.74) is 2.79. The molecule has 31 heavy (non-hydrogen) atoms. The number of hydrogen-bond acceptors (Lipinski definition) is 2. The zero-order valence-electron chi connectivity index (χ0n) is 16.0. The van der Waals surface area contributed by atoms with Crippen LogP contribution in [0.25, 0.3) is 11.6 Å². The Balaban J connectivity index is 1.68. The molecule has 1 aliphatic rings. The number of carbonyl (C=O) groups is 1. The number of alkyl halides is 3. The Bertz CT molecular complexity index is 1240. The highest BCUT2D eigenvalue weighted by Crippen LogP contribution is 2.43. The van der Waals surface area contributed by atoms with Crippen molar-refractivity contribution in [2.75, 3.05) is 5.32 Å². The molecule has 1 aliphatic heterocycles. The van der Waals surface area contributed by atoms with Crippen molar-refractivity contribution in [3.63, 3.8) is 0 Å². The van der Waals surface area contributed by atoms with Crippen LogP contribution in [0.1, 0.15) is 22.3 Å². The standard InChI is InChI=1S/C23H14Br2F3NO2/c1-12-18(24)11-19(25)21-20(12)17(22(30)29-21)9-13-4-2-6-15(8-13)31-16-7-3-5-14(10-16)23(26,27)28/h2-11H,1H3,(H,29,30). The van der Waals surface area contributed by atoms with E-state index < -0.39 is 11.7 Å². The van der Waals surface area contributed by atoms with Crippen molar-refractivity contribution in [3.05, 3.63) is 85.8 Å². The molecule has 158 valence electrons. The molecule has 0 unspecified atom stereocenters. The van der Waals surface area contributed by atoms with E-state index in [1.165, 1.54) is 12.1 Å². The van der Waals surface area contributed by atoms with E-state index >= 15 is 0 Å². The quantitative estimate of drug-likeness (QED) is 0.336. The number of anilines is 1. The SMILES string of the molecule is Cc1c(Br)cc(Br)c2c1C(=Cc1cccc(Oc3cccc(C(F)(F)F)c3)c1)C(=O)N2. The highest BCUT2D eigenvalue weighted by atomic mass is 79.9. The van der Waals surface area contributed by atoms with Crippen LogP contribution < -0.4 is 10.1 Å². The van der Waals surface area contributed by atoms with Crippen LogP contribution in [0.5, 0.6) is 11.5 Å². The first-order valence-corrected chi connectivity index (χ1v) is 10.7. The maximum absolute atomic E-state index is 12.9. The Morgan fingerprint density at radius 2 is 1.65 bits per heavy atom. The zero-order chi connectivity index (χ0) is 22.3. The first-order valence-electron chi connectivity index (χ1n) is 9.10. The smallest absolute Gasteiger partial charge is 0.416 e. The fourth-order valence-corrected chi connectivity index (χ4v) is 4.58. The van der Waals surface area contributed by atoms with Crippen LogP contribution in [-0.4, -0.2) is 5.91 Å². The lowest BCUT2D eigenvalue weighted by Gasteiger charge is -2.11. The number of amides is 1. The van der Waals surface area contributed by atoms with Crippen LogP contribution in [0.15, 0.2) is 63.5 Å². The molecule has 0 bridgehead atoms. The zero-order valence-corrected chi connectivity index (χ0v) is 19.2. The fraction of sp³-hybridized carbons (Fsp3) is 0.0870. The summed E-state index contributed by atoms with van der Waals surface area (Å²) in [6.45, 7) is 1.91. The van der Waals surface area contributed by atoms with E-state index in [0.29, 0.717) is 22.6 Å². The Hall–Kier alpha value is -2.58. The van der Waals surface area contributed by atoms with Crippen LogP contribution in [0.4, 0.5) is 18.9 Å². The Morgan fingerprint density at radius 3 is 2.35 bits per heavy atom. The minimum absolute atomic E-state index is 0.0762. The molecule has 0 atom stereocenters. The van der Waals surface area contributed by atoms with Gasteiger partial charge in [-0.1, -0.05) is 34.1 Å². The highest BCUT2D eigenvalue weighted by molar-refractivity contribution is 9.11. The molecule has 1 heterocycles. The van der Waals surface area contributed by atoms with Crippen molar-refractivity contribution in [2.45, 2.75) is 13.1 Å². The van der Waals surface area contributed by atoms with Crippen molar-refractivity contribution in [2.24, 2.45) is 0 Å². The minimum atomic E-state index is -4.45. The predicted molar refractivity (Wildman–Crippen MR) is 121 cm³/mol. The van der Waals surface area contributed by atoms with Gasteiger partial charge in [0.05, 0.1) is 11.3 Å². The second-order valence-electron chi connectivity index (χ2n) is 6.93. The van der Waals surface area contributed by atoms with Crippen LogP contribution in [0, 0.1) is 6.92 Å². The summed E-state index contributed by atoms with van der Waals surface area (Å²) >= 11 is 6.97. The molecule has 0 saturated carbocycles. The van der Waals surface area contributed by atoms with Crippen LogP contribution in [0.3, 0.4) is 0 Å². The first-order chi connectivity index (χ1) is 14.6. The van der Waals surface area contributed by atoms with E-state index in [1.807, 2.05) is 13.0 Å². The molecule has 0 aromatic heterocycles. The summed E-state index contributed by atoms with van der Waals surface area (Å²) in [7, 11) is 0. The van der Waals surface area contributed by atoms with Gasteiger partial charge in [-0.25, -0.2) is 0 Å². The third-order valence-corrected chi connectivity index (χ3v) is 6.24. The van der Waals surface area contributed by atoms with Crippen molar-refractivity contribution in [1.82, 2.24) is 0 Å². The lowest BCUT2D eigenvalue weighted by molar-refractivity contribution is -0.137. The van der Waals surface area contributed by atoms with Crippen LogP contribution in [0.2, 0.25) is 0 Å². The van der Waals surface area contributed by atoms with Gasteiger partial charge in [0.1, 0.15) is 11.5 Å². The largest absolute Gasteiger partial charge is 0.457 e.